The Morgan fingerprint density at radius 3 is 2.03 bits per heavy atom. The van der Waals surface area contributed by atoms with Crippen LogP contribution in [0.25, 0.3) is 11.1 Å². The lowest BCUT2D eigenvalue weighted by Crippen LogP contribution is -2.24. The van der Waals surface area contributed by atoms with Gasteiger partial charge in [-0.05, 0) is 47.4 Å². The van der Waals surface area contributed by atoms with Gasteiger partial charge in [0.15, 0.2) is 11.6 Å². The van der Waals surface area contributed by atoms with E-state index >= 15 is 0 Å². The molecule has 2 nitrogen and oxygen atoms in total. The van der Waals surface area contributed by atoms with Crippen molar-refractivity contribution in [1.29, 1.82) is 0 Å². The van der Waals surface area contributed by atoms with Crippen molar-refractivity contribution >= 4 is 0 Å². The molecule has 0 atom stereocenters. The molecule has 0 aliphatic heterocycles. The van der Waals surface area contributed by atoms with E-state index in [9.17, 15) is 35.1 Å². The van der Waals surface area contributed by atoms with Crippen molar-refractivity contribution < 1.29 is 44.6 Å². The molecule has 35 heavy (non-hydrogen) atoms. The van der Waals surface area contributed by atoms with Gasteiger partial charge in [-0.2, -0.15) is 26.3 Å². The van der Waals surface area contributed by atoms with Crippen LogP contribution in [0.2, 0.25) is 0 Å². The van der Waals surface area contributed by atoms with E-state index < -0.39 is 53.1 Å². The minimum atomic E-state index is -4.55. The predicted octanol–water partition coefficient (Wildman–Crippen LogP) is 8.46. The van der Waals surface area contributed by atoms with E-state index in [1.54, 1.807) is 12.1 Å². The zero-order chi connectivity index (χ0) is 25.8. The molecule has 0 aromatic heterocycles. The van der Waals surface area contributed by atoms with E-state index in [1.807, 2.05) is 19.1 Å². The van der Waals surface area contributed by atoms with Gasteiger partial charge >= 0.3 is 12.2 Å². The van der Waals surface area contributed by atoms with Crippen molar-refractivity contribution in [2.45, 2.75) is 32.0 Å². The Bertz CT molecular complexity index is 1200. The third-order valence-corrected chi connectivity index (χ3v) is 4.78. The molecule has 3 rings (SSSR count). The van der Waals surface area contributed by atoms with E-state index in [-0.39, 0.29) is 6.07 Å². The highest BCUT2D eigenvalue weighted by Crippen LogP contribution is 2.37. The minimum absolute atomic E-state index is 0.277. The lowest BCUT2D eigenvalue weighted by Gasteiger charge is -2.20. The molecule has 0 N–H and O–H groups in total. The second-order valence-electron chi connectivity index (χ2n) is 7.45. The molecule has 0 radical (unpaired) electrons. The summed E-state index contributed by atoms with van der Waals surface area (Å²) in [6.07, 6.45) is -10.6. The van der Waals surface area contributed by atoms with Gasteiger partial charge in [-0.1, -0.05) is 43.7 Å². The Morgan fingerprint density at radius 2 is 1.46 bits per heavy atom. The van der Waals surface area contributed by atoms with Gasteiger partial charge in [-0.3, -0.25) is 0 Å². The molecule has 0 bridgehead atoms. The SMILES string of the molecule is CCCc1ccc(-c2ccc(C(F)(F)Oc3ccc(OC(F)(F)C=C(F)F)c(F)c3)c(F)c2)cc1. The quantitative estimate of drug-likeness (QED) is 0.273. The van der Waals surface area contributed by atoms with Crippen LogP contribution < -0.4 is 9.47 Å². The van der Waals surface area contributed by atoms with Crippen molar-refractivity contribution in [2.75, 3.05) is 0 Å². The summed E-state index contributed by atoms with van der Waals surface area (Å²) in [7, 11) is 0. The maximum Gasteiger partial charge on any atom is 0.429 e. The Hall–Kier alpha value is -3.56. The number of ether oxygens (including phenoxy) is 2. The maximum atomic E-state index is 14.6. The van der Waals surface area contributed by atoms with Crippen molar-refractivity contribution in [2.24, 2.45) is 0 Å². The van der Waals surface area contributed by atoms with E-state index in [1.165, 1.54) is 6.07 Å². The van der Waals surface area contributed by atoms with Gasteiger partial charge in [-0.25, -0.2) is 8.78 Å². The van der Waals surface area contributed by atoms with Crippen LogP contribution in [0, 0.1) is 11.6 Å². The fourth-order valence-electron chi connectivity index (χ4n) is 3.22. The highest BCUT2D eigenvalue weighted by molar-refractivity contribution is 5.64. The van der Waals surface area contributed by atoms with Crippen LogP contribution in [0.5, 0.6) is 11.5 Å². The summed E-state index contributed by atoms with van der Waals surface area (Å²) in [5.74, 6) is -4.91. The molecule has 0 unspecified atom stereocenters. The van der Waals surface area contributed by atoms with Gasteiger partial charge < -0.3 is 9.47 Å². The molecule has 186 valence electrons. The number of rotatable bonds is 9. The van der Waals surface area contributed by atoms with Crippen LogP contribution in [0.15, 0.2) is 72.8 Å². The Kier molecular flexibility index (Phi) is 7.72. The number of aryl methyl sites for hydroxylation is 1. The molecule has 0 amide bonds. The molecule has 0 aliphatic rings. The summed E-state index contributed by atoms with van der Waals surface area (Å²) in [4.78, 5) is 0. The first-order chi connectivity index (χ1) is 16.4. The molecule has 0 spiro atoms. The predicted molar refractivity (Wildman–Crippen MR) is 113 cm³/mol. The molecule has 0 aliphatic carbocycles. The molecular weight excluding hydrogens is 484 g/mol. The van der Waals surface area contributed by atoms with E-state index in [0.29, 0.717) is 23.3 Å². The minimum Gasteiger partial charge on any atom is -0.429 e. The Balaban J connectivity index is 1.78. The largest absolute Gasteiger partial charge is 0.429 e. The van der Waals surface area contributed by atoms with E-state index in [2.05, 4.69) is 9.47 Å². The summed E-state index contributed by atoms with van der Waals surface area (Å²) in [6, 6.07) is 11.6. The topological polar surface area (TPSA) is 18.5 Å². The fourth-order valence-corrected chi connectivity index (χ4v) is 3.22. The summed E-state index contributed by atoms with van der Waals surface area (Å²) >= 11 is 0. The molecule has 0 saturated carbocycles. The summed E-state index contributed by atoms with van der Waals surface area (Å²) in [5.41, 5.74) is 0.889. The second-order valence-corrected chi connectivity index (χ2v) is 7.45. The molecule has 10 heteroatoms. The van der Waals surface area contributed by atoms with Gasteiger partial charge in [0, 0.05) is 6.07 Å². The van der Waals surface area contributed by atoms with Crippen molar-refractivity contribution in [1.82, 2.24) is 0 Å². The number of hydrogen-bond acceptors (Lipinski definition) is 2. The number of halogens is 8. The monoisotopic (exact) mass is 502 g/mol. The highest BCUT2D eigenvalue weighted by Gasteiger charge is 2.38. The first kappa shape index (κ1) is 26.1. The zero-order valence-electron chi connectivity index (χ0n) is 18.1. The van der Waals surface area contributed by atoms with E-state index in [0.717, 1.165) is 30.5 Å². The lowest BCUT2D eigenvalue weighted by atomic mass is 10.0. The Morgan fingerprint density at radius 1 is 0.800 bits per heavy atom. The van der Waals surface area contributed by atoms with Crippen LogP contribution in [0.3, 0.4) is 0 Å². The highest BCUT2D eigenvalue weighted by atomic mass is 19.3. The smallest absolute Gasteiger partial charge is 0.429 e. The van der Waals surface area contributed by atoms with Crippen molar-refractivity contribution in [3.63, 3.8) is 0 Å². The molecule has 0 saturated heterocycles. The summed E-state index contributed by atoms with van der Waals surface area (Å²) < 4.78 is 117. The van der Waals surface area contributed by atoms with Gasteiger partial charge in [0.25, 0.3) is 6.08 Å². The summed E-state index contributed by atoms with van der Waals surface area (Å²) in [5, 5.41) is 0. The van der Waals surface area contributed by atoms with Crippen LogP contribution in [0.4, 0.5) is 35.1 Å². The van der Waals surface area contributed by atoms with Crippen molar-refractivity contribution in [3.05, 3.63) is 95.6 Å². The average Bonchev–Trinajstić information content (AvgIpc) is 2.75. The van der Waals surface area contributed by atoms with E-state index in [4.69, 9.17) is 0 Å². The number of benzene rings is 3. The standard InChI is InChI=1S/C25H18F8O2/c1-2-3-15-4-6-16(7-5-15)17-8-10-19(20(26)12-17)25(32,33)34-18-9-11-22(21(27)13-18)35-24(30,31)14-23(28)29/h4-14H,2-3H2,1H3. The molecule has 0 heterocycles. The van der Waals surface area contributed by atoms with Crippen molar-refractivity contribution in [3.8, 4) is 22.6 Å². The van der Waals surface area contributed by atoms with Gasteiger partial charge in [0.05, 0.1) is 11.6 Å². The zero-order valence-corrected chi connectivity index (χ0v) is 18.1. The first-order valence-corrected chi connectivity index (χ1v) is 10.3. The van der Waals surface area contributed by atoms with Gasteiger partial charge in [0.2, 0.25) is 0 Å². The number of alkyl halides is 4. The normalized spacial score (nSPS) is 11.8. The molecule has 3 aromatic carbocycles. The number of hydrogen-bond donors (Lipinski definition) is 0. The van der Waals surface area contributed by atoms with Crippen LogP contribution in [0.1, 0.15) is 24.5 Å². The molecule has 0 fully saturated rings. The Labute approximate surface area is 195 Å². The third kappa shape index (κ3) is 6.74. The first-order valence-electron chi connectivity index (χ1n) is 10.3. The van der Waals surface area contributed by atoms with Gasteiger partial charge in [0.1, 0.15) is 11.6 Å². The van der Waals surface area contributed by atoms with Gasteiger partial charge in [-0.15, -0.1) is 0 Å². The lowest BCUT2D eigenvalue weighted by molar-refractivity contribution is -0.187. The maximum absolute atomic E-state index is 14.6. The van der Waals surface area contributed by atoms with Crippen LogP contribution in [-0.2, 0) is 12.5 Å². The fraction of sp³-hybridized carbons (Fsp3) is 0.200. The second kappa shape index (κ2) is 10.4. The molecular formula is C25H18F8O2. The third-order valence-electron chi connectivity index (χ3n) is 4.78. The molecule has 3 aromatic rings. The van der Waals surface area contributed by atoms with Crippen LogP contribution >= 0.6 is 0 Å². The van der Waals surface area contributed by atoms with Crippen LogP contribution in [-0.4, -0.2) is 6.11 Å². The average molecular weight is 502 g/mol. The summed E-state index contributed by atoms with van der Waals surface area (Å²) in [6.45, 7) is 2.02.